The molecule has 138 valence electrons. The van der Waals surface area contributed by atoms with Crippen LogP contribution in [0.3, 0.4) is 0 Å². The molecule has 0 N–H and O–H groups in total. The quantitative estimate of drug-likeness (QED) is 0.736. The van der Waals surface area contributed by atoms with E-state index in [1.807, 2.05) is 6.92 Å². The highest BCUT2D eigenvalue weighted by molar-refractivity contribution is 7.89. The van der Waals surface area contributed by atoms with Gasteiger partial charge in [-0.15, -0.1) is 0 Å². The Bertz CT molecular complexity index is 745. The summed E-state index contributed by atoms with van der Waals surface area (Å²) in [4.78, 5) is 26.1. The van der Waals surface area contributed by atoms with E-state index in [1.165, 1.54) is 38.4 Å². The van der Waals surface area contributed by atoms with Gasteiger partial charge in [-0.1, -0.05) is 6.07 Å². The molecule has 1 aromatic carbocycles. The third-order valence-corrected chi connectivity index (χ3v) is 6.11. The monoisotopic (exact) mass is 368 g/mol. The van der Waals surface area contributed by atoms with Crippen molar-refractivity contribution >= 4 is 21.9 Å². The summed E-state index contributed by atoms with van der Waals surface area (Å²) in [5.74, 6) is -0.938. The molecule has 8 heteroatoms. The molecule has 0 unspecified atom stereocenters. The van der Waals surface area contributed by atoms with Crippen LogP contribution in [0.5, 0.6) is 0 Å². The van der Waals surface area contributed by atoms with Gasteiger partial charge >= 0.3 is 5.97 Å². The maximum Gasteiger partial charge on any atom is 0.338 e. The average Bonchev–Trinajstić information content (AvgIpc) is 2.59. The molecular weight excluding hydrogens is 344 g/mol. The summed E-state index contributed by atoms with van der Waals surface area (Å²) in [5, 5.41) is 0. The molecule has 0 aromatic heterocycles. The maximum atomic E-state index is 12.2. The van der Waals surface area contributed by atoms with Gasteiger partial charge in [-0.05, 0) is 44.4 Å². The summed E-state index contributed by atoms with van der Waals surface area (Å²) in [6.45, 7) is 2.32. The first-order chi connectivity index (χ1) is 11.7. The molecule has 0 radical (unpaired) electrons. The van der Waals surface area contributed by atoms with Crippen LogP contribution in [0.15, 0.2) is 29.2 Å². The molecule has 0 spiro atoms. The lowest BCUT2D eigenvalue weighted by Crippen LogP contribution is -2.44. The highest BCUT2D eigenvalue weighted by Crippen LogP contribution is 2.17. The SMILES string of the molecule is C[C@@H]1CCCCN1C(=O)COC(=O)c1cccc(S(=O)(=O)N(C)C)c1. The van der Waals surface area contributed by atoms with Crippen molar-refractivity contribution in [2.45, 2.75) is 37.1 Å². The Morgan fingerprint density at radius 1 is 1.28 bits per heavy atom. The van der Waals surface area contributed by atoms with Crippen molar-refractivity contribution in [3.63, 3.8) is 0 Å². The van der Waals surface area contributed by atoms with Crippen molar-refractivity contribution in [1.82, 2.24) is 9.21 Å². The number of ether oxygens (including phenoxy) is 1. The molecular formula is C17H24N2O5S. The minimum Gasteiger partial charge on any atom is -0.452 e. The Morgan fingerprint density at radius 3 is 2.64 bits per heavy atom. The number of hydrogen-bond acceptors (Lipinski definition) is 5. The van der Waals surface area contributed by atoms with Gasteiger partial charge in [-0.3, -0.25) is 4.79 Å². The van der Waals surface area contributed by atoms with E-state index in [-0.39, 0.29) is 29.0 Å². The number of esters is 1. The van der Waals surface area contributed by atoms with E-state index in [4.69, 9.17) is 4.74 Å². The predicted molar refractivity (Wildman–Crippen MR) is 92.6 cm³/mol. The predicted octanol–water partition coefficient (Wildman–Crippen LogP) is 1.49. The Labute approximate surface area is 148 Å². The van der Waals surface area contributed by atoms with E-state index in [0.29, 0.717) is 6.54 Å². The van der Waals surface area contributed by atoms with Crippen molar-refractivity contribution in [3.05, 3.63) is 29.8 Å². The van der Waals surface area contributed by atoms with E-state index < -0.39 is 16.0 Å². The zero-order chi connectivity index (χ0) is 18.6. The Balaban J connectivity index is 2.03. The summed E-state index contributed by atoms with van der Waals surface area (Å²) in [5.41, 5.74) is 0.0995. The minimum absolute atomic E-state index is 0.00271. The van der Waals surface area contributed by atoms with Crippen LogP contribution < -0.4 is 0 Å². The molecule has 1 amide bonds. The van der Waals surface area contributed by atoms with E-state index >= 15 is 0 Å². The molecule has 2 rings (SSSR count). The fourth-order valence-electron chi connectivity index (χ4n) is 2.76. The standard InChI is InChI=1S/C17H24N2O5S/c1-13-7-4-5-10-19(13)16(20)12-24-17(21)14-8-6-9-15(11-14)25(22,23)18(2)3/h6,8-9,11,13H,4-5,7,10,12H2,1-3H3/t13-/m1/s1. The molecule has 1 fully saturated rings. The molecule has 1 aliphatic rings. The number of rotatable bonds is 5. The first-order valence-electron chi connectivity index (χ1n) is 8.22. The van der Waals surface area contributed by atoms with Crippen LogP contribution in [-0.4, -0.2) is 62.8 Å². The molecule has 0 bridgehead atoms. The smallest absolute Gasteiger partial charge is 0.338 e. The summed E-state index contributed by atoms with van der Waals surface area (Å²) >= 11 is 0. The second kappa shape index (κ2) is 7.97. The van der Waals surface area contributed by atoms with Crippen molar-refractivity contribution in [1.29, 1.82) is 0 Å². The summed E-state index contributed by atoms with van der Waals surface area (Å²) in [6.07, 6.45) is 3.00. The zero-order valence-corrected chi connectivity index (χ0v) is 15.6. The number of likely N-dealkylation sites (tertiary alicyclic amines) is 1. The number of sulfonamides is 1. The number of carbonyl (C=O) groups is 2. The molecule has 1 aromatic rings. The van der Waals surface area contributed by atoms with Crippen LogP contribution in [-0.2, 0) is 19.6 Å². The van der Waals surface area contributed by atoms with Gasteiger partial charge in [0.1, 0.15) is 0 Å². The van der Waals surface area contributed by atoms with E-state index in [2.05, 4.69) is 0 Å². The maximum absolute atomic E-state index is 12.2. The topological polar surface area (TPSA) is 84.0 Å². The summed E-state index contributed by atoms with van der Waals surface area (Å²) in [6, 6.07) is 5.75. The second-order valence-electron chi connectivity index (χ2n) is 6.32. The molecule has 1 aliphatic heterocycles. The van der Waals surface area contributed by atoms with E-state index in [9.17, 15) is 18.0 Å². The number of benzene rings is 1. The number of amides is 1. The molecule has 7 nitrogen and oxygen atoms in total. The number of piperidine rings is 1. The van der Waals surface area contributed by atoms with Gasteiger partial charge in [-0.25, -0.2) is 17.5 Å². The number of hydrogen-bond donors (Lipinski definition) is 0. The van der Waals surface area contributed by atoms with Gasteiger partial charge in [-0.2, -0.15) is 0 Å². The van der Waals surface area contributed by atoms with Crippen LogP contribution in [0.1, 0.15) is 36.5 Å². The Kier molecular flexibility index (Phi) is 6.18. The van der Waals surface area contributed by atoms with Crippen LogP contribution >= 0.6 is 0 Å². The van der Waals surface area contributed by atoms with Crippen LogP contribution in [0, 0.1) is 0 Å². The van der Waals surface area contributed by atoms with E-state index in [0.717, 1.165) is 23.6 Å². The van der Waals surface area contributed by atoms with Crippen molar-refractivity contribution in [2.24, 2.45) is 0 Å². The zero-order valence-electron chi connectivity index (χ0n) is 14.8. The van der Waals surface area contributed by atoms with Crippen LogP contribution in [0.4, 0.5) is 0 Å². The fraction of sp³-hybridized carbons (Fsp3) is 0.529. The molecule has 0 saturated carbocycles. The highest BCUT2D eigenvalue weighted by atomic mass is 32.2. The van der Waals surface area contributed by atoms with Crippen molar-refractivity contribution in [2.75, 3.05) is 27.2 Å². The second-order valence-corrected chi connectivity index (χ2v) is 8.48. The average molecular weight is 368 g/mol. The van der Waals surface area contributed by atoms with Crippen molar-refractivity contribution < 1.29 is 22.7 Å². The van der Waals surface area contributed by atoms with Gasteiger partial charge < -0.3 is 9.64 Å². The minimum atomic E-state index is -3.64. The van der Waals surface area contributed by atoms with Gasteiger partial charge in [0.15, 0.2) is 6.61 Å². The third-order valence-electron chi connectivity index (χ3n) is 4.30. The molecule has 1 heterocycles. The Hall–Kier alpha value is -1.93. The largest absolute Gasteiger partial charge is 0.452 e. The lowest BCUT2D eigenvalue weighted by molar-refractivity contribution is -0.137. The molecule has 1 atom stereocenters. The lowest BCUT2D eigenvalue weighted by Gasteiger charge is -2.33. The van der Waals surface area contributed by atoms with E-state index in [1.54, 1.807) is 4.90 Å². The normalized spacial score (nSPS) is 18.2. The molecule has 0 aliphatic carbocycles. The van der Waals surface area contributed by atoms with Crippen molar-refractivity contribution in [3.8, 4) is 0 Å². The van der Waals surface area contributed by atoms with Crippen LogP contribution in [0.2, 0.25) is 0 Å². The molecule has 25 heavy (non-hydrogen) atoms. The first kappa shape index (κ1) is 19.4. The third kappa shape index (κ3) is 4.58. The van der Waals surface area contributed by atoms with Gasteiger partial charge in [0.2, 0.25) is 10.0 Å². The number of carbonyl (C=O) groups excluding carboxylic acids is 2. The fourth-order valence-corrected chi connectivity index (χ4v) is 3.70. The van der Waals surface area contributed by atoms with Crippen LogP contribution in [0.25, 0.3) is 0 Å². The molecule has 1 saturated heterocycles. The number of nitrogens with zero attached hydrogens (tertiary/aromatic N) is 2. The lowest BCUT2D eigenvalue weighted by atomic mass is 10.0. The Morgan fingerprint density at radius 2 is 2.00 bits per heavy atom. The highest BCUT2D eigenvalue weighted by Gasteiger charge is 2.24. The summed E-state index contributed by atoms with van der Waals surface area (Å²) < 4.78 is 30.4. The van der Waals surface area contributed by atoms with Gasteiger partial charge in [0.25, 0.3) is 5.91 Å². The summed E-state index contributed by atoms with van der Waals surface area (Å²) in [7, 11) is -0.807. The van der Waals surface area contributed by atoms with Gasteiger partial charge in [0.05, 0.1) is 10.5 Å². The van der Waals surface area contributed by atoms with Gasteiger partial charge in [0, 0.05) is 26.7 Å². The first-order valence-corrected chi connectivity index (χ1v) is 9.66.